The van der Waals surface area contributed by atoms with Crippen molar-refractivity contribution < 1.29 is 14.6 Å². The molecule has 0 amide bonds. The lowest BCUT2D eigenvalue weighted by Crippen LogP contribution is -2.33. The molecule has 0 aliphatic carbocycles. The van der Waals surface area contributed by atoms with Crippen molar-refractivity contribution in [2.24, 2.45) is 0 Å². The molecule has 0 fully saturated rings. The molecule has 22 heavy (non-hydrogen) atoms. The minimum Gasteiger partial charge on any atom is -0.509 e. The Morgan fingerprint density at radius 2 is 2.32 bits per heavy atom. The molecular weight excluding hydrogens is 280 g/mol. The van der Waals surface area contributed by atoms with Gasteiger partial charge in [0.2, 0.25) is 5.88 Å². The summed E-state index contributed by atoms with van der Waals surface area (Å²) in [6, 6.07) is 0. The molecule has 5 heteroatoms. The average Bonchev–Trinajstić information content (AvgIpc) is 2.54. The maximum Gasteiger partial charge on any atom is 0.211 e. The van der Waals surface area contributed by atoms with E-state index in [2.05, 4.69) is 23.4 Å². The fourth-order valence-corrected chi connectivity index (χ4v) is 2.22. The number of rotatable bonds is 3. The molecule has 0 saturated carbocycles. The summed E-state index contributed by atoms with van der Waals surface area (Å²) in [6.07, 6.45) is 7.76. The normalized spacial score (nSPS) is 23.9. The van der Waals surface area contributed by atoms with E-state index in [4.69, 9.17) is 9.47 Å². The second kappa shape index (κ2) is 6.93. The summed E-state index contributed by atoms with van der Waals surface area (Å²) in [7, 11) is 3.66. The van der Waals surface area contributed by atoms with Crippen molar-refractivity contribution in [3.05, 3.63) is 71.8 Å². The Kier molecular flexibility index (Phi) is 4.99. The quantitative estimate of drug-likeness (QED) is 0.620. The third-order valence-corrected chi connectivity index (χ3v) is 3.49. The fraction of sp³-hybridized carbons (Fsp3) is 0.294. The lowest BCUT2D eigenvalue weighted by atomic mass is 10.1. The van der Waals surface area contributed by atoms with E-state index in [1.807, 2.05) is 19.2 Å². The van der Waals surface area contributed by atoms with Crippen molar-refractivity contribution in [2.45, 2.75) is 6.42 Å². The lowest BCUT2D eigenvalue weighted by Gasteiger charge is -2.30. The van der Waals surface area contributed by atoms with Gasteiger partial charge in [-0.25, -0.2) is 0 Å². The van der Waals surface area contributed by atoms with Crippen LogP contribution in [-0.2, 0) is 9.47 Å². The Hall–Kier alpha value is -2.56. The molecule has 0 aromatic carbocycles. The van der Waals surface area contributed by atoms with Gasteiger partial charge in [-0.3, -0.25) is 0 Å². The smallest absolute Gasteiger partial charge is 0.211 e. The van der Waals surface area contributed by atoms with Gasteiger partial charge in [0.1, 0.15) is 18.1 Å². The van der Waals surface area contributed by atoms with Crippen molar-refractivity contribution in [2.75, 3.05) is 27.3 Å². The summed E-state index contributed by atoms with van der Waals surface area (Å²) >= 11 is 0. The summed E-state index contributed by atoms with van der Waals surface area (Å²) in [4.78, 5) is 2.15. The van der Waals surface area contributed by atoms with Gasteiger partial charge in [0.25, 0.3) is 0 Å². The molecule has 2 heterocycles. The summed E-state index contributed by atoms with van der Waals surface area (Å²) in [5.41, 5.74) is 2.48. The van der Waals surface area contributed by atoms with Crippen molar-refractivity contribution in [1.82, 2.24) is 10.2 Å². The maximum atomic E-state index is 9.25. The fourth-order valence-electron chi connectivity index (χ4n) is 2.22. The highest BCUT2D eigenvalue weighted by Crippen LogP contribution is 2.24. The van der Waals surface area contributed by atoms with Gasteiger partial charge >= 0.3 is 0 Å². The van der Waals surface area contributed by atoms with E-state index in [0.29, 0.717) is 24.6 Å². The number of aliphatic hydroxyl groups excluding tert-OH is 1. The monoisotopic (exact) mass is 302 g/mol. The van der Waals surface area contributed by atoms with Gasteiger partial charge in [0, 0.05) is 24.7 Å². The van der Waals surface area contributed by atoms with Crippen LogP contribution in [0.1, 0.15) is 6.42 Å². The number of nitrogens with one attached hydrogen (secondary N) is 1. The molecule has 0 atom stereocenters. The highest BCUT2D eigenvalue weighted by Gasteiger charge is 2.20. The SMILES string of the molecule is C=C(O)/C=C/C1=C/C(OC)=C\CC2=C(NC1=C)OCCN2C. The molecule has 0 radical (unpaired) electrons. The van der Waals surface area contributed by atoms with Crippen molar-refractivity contribution in [1.29, 1.82) is 0 Å². The number of aliphatic hydroxyl groups is 1. The molecule has 0 aromatic heterocycles. The summed E-state index contributed by atoms with van der Waals surface area (Å²) in [5, 5.41) is 12.5. The minimum absolute atomic E-state index is 0.0231. The molecule has 5 nitrogen and oxygen atoms in total. The van der Waals surface area contributed by atoms with E-state index in [-0.39, 0.29) is 5.76 Å². The first kappa shape index (κ1) is 15.8. The third-order valence-electron chi connectivity index (χ3n) is 3.49. The second-order valence-electron chi connectivity index (χ2n) is 5.09. The highest BCUT2D eigenvalue weighted by atomic mass is 16.5. The van der Waals surface area contributed by atoms with Gasteiger partial charge < -0.3 is 24.8 Å². The number of nitrogens with zero attached hydrogens (tertiary/aromatic N) is 1. The van der Waals surface area contributed by atoms with E-state index >= 15 is 0 Å². The molecule has 0 bridgehead atoms. The molecule has 0 spiro atoms. The number of methoxy groups -OCH3 is 1. The van der Waals surface area contributed by atoms with E-state index in [1.165, 1.54) is 6.08 Å². The zero-order valence-electron chi connectivity index (χ0n) is 13.1. The number of likely N-dealkylation sites (N-methyl/N-ethyl adjacent to an activating group) is 1. The Morgan fingerprint density at radius 1 is 1.55 bits per heavy atom. The number of hydrogen-bond acceptors (Lipinski definition) is 5. The van der Waals surface area contributed by atoms with Gasteiger partial charge in [-0.05, 0) is 24.3 Å². The van der Waals surface area contributed by atoms with Gasteiger partial charge in [0.15, 0.2) is 0 Å². The van der Waals surface area contributed by atoms with Crippen LogP contribution in [0.2, 0.25) is 0 Å². The van der Waals surface area contributed by atoms with Gasteiger partial charge in [-0.2, -0.15) is 0 Å². The molecule has 0 saturated heterocycles. The molecule has 2 aliphatic rings. The number of ether oxygens (including phenoxy) is 2. The van der Waals surface area contributed by atoms with Gasteiger partial charge in [-0.1, -0.05) is 13.2 Å². The average molecular weight is 302 g/mol. The van der Waals surface area contributed by atoms with Crippen LogP contribution in [-0.4, -0.2) is 37.3 Å². The van der Waals surface area contributed by atoms with Crippen molar-refractivity contribution in [3.63, 3.8) is 0 Å². The Balaban J connectivity index is 2.40. The zero-order valence-corrected chi connectivity index (χ0v) is 13.1. The van der Waals surface area contributed by atoms with Crippen LogP contribution in [0.3, 0.4) is 0 Å². The lowest BCUT2D eigenvalue weighted by molar-refractivity contribution is 0.127. The largest absolute Gasteiger partial charge is 0.509 e. The first-order valence-corrected chi connectivity index (χ1v) is 7.06. The predicted molar refractivity (Wildman–Crippen MR) is 86.6 cm³/mol. The Labute approximate surface area is 131 Å². The molecule has 2 aliphatic heterocycles. The number of allylic oxidation sites excluding steroid dienone is 4. The highest BCUT2D eigenvalue weighted by molar-refractivity contribution is 5.44. The molecular formula is C17H22N2O3. The van der Waals surface area contributed by atoms with Crippen LogP contribution < -0.4 is 5.32 Å². The van der Waals surface area contributed by atoms with Crippen LogP contribution in [0.4, 0.5) is 0 Å². The van der Waals surface area contributed by atoms with Crippen LogP contribution in [0.25, 0.3) is 0 Å². The topological polar surface area (TPSA) is 54.0 Å². The third kappa shape index (κ3) is 3.75. The van der Waals surface area contributed by atoms with E-state index < -0.39 is 0 Å². The van der Waals surface area contributed by atoms with Crippen molar-refractivity contribution >= 4 is 0 Å². The van der Waals surface area contributed by atoms with E-state index in [1.54, 1.807) is 13.2 Å². The van der Waals surface area contributed by atoms with Crippen LogP contribution in [0.5, 0.6) is 0 Å². The molecule has 0 unspecified atom stereocenters. The minimum atomic E-state index is -0.0231. The van der Waals surface area contributed by atoms with Gasteiger partial charge in [0.05, 0.1) is 19.4 Å². The first-order chi connectivity index (χ1) is 10.5. The zero-order chi connectivity index (χ0) is 16.1. The van der Waals surface area contributed by atoms with E-state index in [9.17, 15) is 5.11 Å². The van der Waals surface area contributed by atoms with Crippen LogP contribution >= 0.6 is 0 Å². The van der Waals surface area contributed by atoms with Crippen LogP contribution in [0, 0.1) is 0 Å². The van der Waals surface area contributed by atoms with Crippen LogP contribution in [0.15, 0.2) is 71.8 Å². The molecule has 2 rings (SSSR count). The van der Waals surface area contributed by atoms with E-state index in [0.717, 1.165) is 23.6 Å². The molecule has 2 N–H and O–H groups in total. The summed E-state index contributed by atoms with van der Waals surface area (Å²) in [6.45, 7) is 8.95. The standard InChI is InChI=1S/C17H22N2O3/c1-12(20)5-6-14-11-15(21-4)7-8-16-17(18-13(14)2)22-10-9-19(16)3/h5-7,11,18,20H,1-2,8-10H2,3-4H3/b6-5+,14-11-,15-7+. The van der Waals surface area contributed by atoms with Crippen molar-refractivity contribution in [3.8, 4) is 0 Å². The second-order valence-corrected chi connectivity index (χ2v) is 5.09. The summed E-state index contributed by atoms with van der Waals surface area (Å²) in [5.74, 6) is 1.40. The van der Waals surface area contributed by atoms with Gasteiger partial charge in [-0.15, -0.1) is 0 Å². The Bertz CT molecular complexity index is 597. The Morgan fingerprint density at radius 3 is 3.00 bits per heavy atom. The molecule has 0 aromatic rings. The summed E-state index contributed by atoms with van der Waals surface area (Å²) < 4.78 is 11.1. The predicted octanol–water partition coefficient (Wildman–Crippen LogP) is 2.71. The molecule has 118 valence electrons. The maximum absolute atomic E-state index is 9.25. The first-order valence-electron chi connectivity index (χ1n) is 7.06. The number of hydrogen-bond donors (Lipinski definition) is 2.